The van der Waals surface area contributed by atoms with Crippen molar-refractivity contribution >= 4 is 28.1 Å². The number of nitrogens with zero attached hydrogens (tertiary/aromatic N) is 6. The molecule has 0 spiro atoms. The summed E-state index contributed by atoms with van der Waals surface area (Å²) in [6.45, 7) is 11.7. The highest BCUT2D eigenvalue weighted by Crippen LogP contribution is 2.41. The van der Waals surface area contributed by atoms with Gasteiger partial charge in [0.2, 0.25) is 11.8 Å². The Morgan fingerprint density at radius 1 is 1.21 bits per heavy atom. The summed E-state index contributed by atoms with van der Waals surface area (Å²) >= 11 is 0. The molecule has 0 unspecified atom stereocenters. The number of carbonyl (C=O) groups is 1. The van der Waals surface area contributed by atoms with E-state index < -0.39 is 0 Å². The normalized spacial score (nSPS) is 22.4. The molecule has 3 atom stereocenters. The Labute approximate surface area is 253 Å². The first-order valence-corrected chi connectivity index (χ1v) is 15.2. The molecule has 0 radical (unpaired) electrons. The molecule has 0 bridgehead atoms. The Kier molecular flexibility index (Phi) is 7.89. The number of rotatable bonds is 6. The van der Waals surface area contributed by atoms with Gasteiger partial charge in [0, 0.05) is 60.5 Å². The summed E-state index contributed by atoms with van der Waals surface area (Å²) in [6.07, 6.45) is 4.26. The number of aromatic hydroxyl groups is 1. The van der Waals surface area contributed by atoms with E-state index in [4.69, 9.17) is 9.72 Å². The van der Waals surface area contributed by atoms with Gasteiger partial charge in [0.05, 0.1) is 17.9 Å². The summed E-state index contributed by atoms with van der Waals surface area (Å²) in [5.74, 6) is 0.533. The zero-order valence-electron chi connectivity index (χ0n) is 25.3. The van der Waals surface area contributed by atoms with Gasteiger partial charge in [-0.3, -0.25) is 4.79 Å². The molecule has 9 nitrogen and oxygen atoms in total. The van der Waals surface area contributed by atoms with E-state index in [1.165, 1.54) is 6.08 Å². The Morgan fingerprint density at radius 2 is 2.02 bits per heavy atom. The van der Waals surface area contributed by atoms with E-state index in [9.17, 15) is 15.2 Å². The number of nitriles is 1. The predicted octanol–water partition coefficient (Wildman–Crippen LogP) is 4.46. The number of phenolic OH excluding ortho intramolecular Hbond substituents is 1. The second kappa shape index (κ2) is 11.8. The molecule has 2 aromatic carbocycles. The number of piperazine rings is 1. The quantitative estimate of drug-likeness (QED) is 0.427. The van der Waals surface area contributed by atoms with Gasteiger partial charge in [0.25, 0.3) is 0 Å². The van der Waals surface area contributed by atoms with Crippen LogP contribution < -0.4 is 14.5 Å². The van der Waals surface area contributed by atoms with Gasteiger partial charge >= 0.3 is 0 Å². The van der Waals surface area contributed by atoms with Crippen LogP contribution in [0.15, 0.2) is 49.1 Å². The highest BCUT2D eigenvalue weighted by molar-refractivity contribution is 5.96. The molecule has 1 N–H and O–H groups in total. The molecule has 2 fully saturated rings. The van der Waals surface area contributed by atoms with Crippen molar-refractivity contribution in [2.75, 3.05) is 49.6 Å². The van der Waals surface area contributed by atoms with Gasteiger partial charge in [-0.05, 0) is 64.2 Å². The molecule has 6 rings (SSSR count). The smallest absolute Gasteiger partial charge is 0.246 e. The van der Waals surface area contributed by atoms with Gasteiger partial charge in [-0.25, -0.2) is 4.98 Å². The third-order valence-corrected chi connectivity index (χ3v) is 9.39. The lowest BCUT2D eigenvalue weighted by Gasteiger charge is -2.46. The lowest BCUT2D eigenvalue weighted by atomic mass is 9.95. The van der Waals surface area contributed by atoms with Crippen molar-refractivity contribution in [2.45, 2.75) is 57.8 Å². The highest BCUT2D eigenvalue weighted by atomic mass is 16.5. The zero-order chi connectivity index (χ0) is 30.2. The summed E-state index contributed by atoms with van der Waals surface area (Å²) in [4.78, 5) is 26.3. The number of likely N-dealkylation sites (N-methyl/N-ethyl adjacent to an activating group) is 1. The number of hydrogen-bond acceptors (Lipinski definition) is 8. The molecule has 3 aliphatic heterocycles. The molecule has 1 aromatic heterocycles. The molecule has 2 saturated heterocycles. The predicted molar refractivity (Wildman–Crippen MR) is 169 cm³/mol. The lowest BCUT2D eigenvalue weighted by Crippen LogP contribution is -2.58. The van der Waals surface area contributed by atoms with Gasteiger partial charge < -0.3 is 29.4 Å². The van der Waals surface area contributed by atoms with E-state index in [0.717, 1.165) is 52.8 Å². The van der Waals surface area contributed by atoms with Crippen LogP contribution in [-0.2, 0) is 17.8 Å². The van der Waals surface area contributed by atoms with Crippen LogP contribution in [0.2, 0.25) is 0 Å². The summed E-state index contributed by atoms with van der Waals surface area (Å²) in [5, 5.41) is 23.2. The number of carbonyl (C=O) groups excluding carboxylic acids is 1. The van der Waals surface area contributed by atoms with E-state index in [0.29, 0.717) is 50.7 Å². The second-order valence-electron chi connectivity index (χ2n) is 12.2. The third kappa shape index (κ3) is 5.36. The van der Waals surface area contributed by atoms with E-state index in [1.54, 1.807) is 6.07 Å². The van der Waals surface area contributed by atoms with Gasteiger partial charge in [0.1, 0.15) is 24.0 Å². The van der Waals surface area contributed by atoms with Gasteiger partial charge in [-0.15, -0.1) is 0 Å². The molecule has 224 valence electrons. The summed E-state index contributed by atoms with van der Waals surface area (Å²) < 4.78 is 6.41. The van der Waals surface area contributed by atoms with Crippen LogP contribution in [0.1, 0.15) is 43.5 Å². The number of likely N-dealkylation sites (tertiary alicyclic amines) is 1. The average Bonchev–Trinajstić information content (AvgIpc) is 3.43. The molecule has 0 aliphatic carbocycles. The highest BCUT2D eigenvalue weighted by Gasteiger charge is 2.37. The monoisotopic (exact) mass is 580 g/mol. The number of ether oxygens (including phenoxy) is 1. The molecule has 4 heterocycles. The number of phenols is 1. The molecule has 0 saturated carbocycles. The standard InChI is InChI=1S/C34H40N6O3/c1-5-32(42)39-18-23(3)40(19-22(39)2)33-28-12-14-38(31-16-26(41)15-24-9-6-7-11-27(24)31)20-30(28)36-34(29(33)17-35)43-21-25-10-8-13-37(25)4/h5-7,9,11,15-16,22-23,25,41H,1,8,10,12-14,18-21H2,2-4H3/t22-,23+,25+/m1/s1. The van der Waals surface area contributed by atoms with Gasteiger partial charge in [-0.1, -0.05) is 30.8 Å². The number of aromatic nitrogens is 1. The third-order valence-electron chi connectivity index (χ3n) is 9.39. The summed E-state index contributed by atoms with van der Waals surface area (Å²) in [7, 11) is 2.11. The number of benzene rings is 2. The van der Waals surface area contributed by atoms with Crippen molar-refractivity contribution in [3.05, 3.63) is 65.9 Å². The molecule has 1 amide bonds. The Bertz CT molecular complexity index is 1600. The van der Waals surface area contributed by atoms with Crippen LogP contribution in [0.5, 0.6) is 11.6 Å². The number of amides is 1. The zero-order valence-corrected chi connectivity index (χ0v) is 25.3. The Morgan fingerprint density at radius 3 is 2.77 bits per heavy atom. The van der Waals surface area contributed by atoms with Crippen molar-refractivity contribution in [2.24, 2.45) is 0 Å². The number of anilines is 2. The fraction of sp³-hybridized carbons (Fsp3) is 0.441. The molecular formula is C34H40N6O3. The summed E-state index contributed by atoms with van der Waals surface area (Å²) in [6, 6.07) is 14.4. The minimum absolute atomic E-state index is 0.0134. The maximum absolute atomic E-state index is 12.6. The molecule has 3 aliphatic rings. The number of pyridine rings is 1. The molecule has 9 heteroatoms. The second-order valence-corrected chi connectivity index (χ2v) is 12.2. The summed E-state index contributed by atoms with van der Waals surface area (Å²) in [5.41, 5.74) is 4.26. The maximum atomic E-state index is 12.6. The molecule has 43 heavy (non-hydrogen) atoms. The van der Waals surface area contributed by atoms with Crippen molar-refractivity contribution in [1.82, 2.24) is 14.8 Å². The van der Waals surface area contributed by atoms with E-state index in [2.05, 4.69) is 47.4 Å². The van der Waals surface area contributed by atoms with Crippen molar-refractivity contribution < 1.29 is 14.6 Å². The first-order chi connectivity index (χ1) is 20.8. The minimum atomic E-state index is -0.0741. The minimum Gasteiger partial charge on any atom is -0.508 e. The number of fused-ring (bicyclic) bond motifs is 2. The fourth-order valence-corrected chi connectivity index (χ4v) is 7.03. The topological polar surface area (TPSA) is 96.2 Å². The first-order valence-electron chi connectivity index (χ1n) is 15.2. The van der Waals surface area contributed by atoms with E-state index >= 15 is 0 Å². The van der Waals surface area contributed by atoms with Crippen molar-refractivity contribution in [1.29, 1.82) is 5.26 Å². The van der Waals surface area contributed by atoms with Crippen LogP contribution in [0, 0.1) is 11.3 Å². The van der Waals surface area contributed by atoms with Gasteiger partial charge in [0.15, 0.2) is 0 Å². The van der Waals surface area contributed by atoms with Gasteiger partial charge in [-0.2, -0.15) is 5.26 Å². The van der Waals surface area contributed by atoms with E-state index in [1.807, 2.05) is 36.1 Å². The van der Waals surface area contributed by atoms with Crippen LogP contribution in [0.25, 0.3) is 10.8 Å². The van der Waals surface area contributed by atoms with Crippen LogP contribution in [0.4, 0.5) is 11.4 Å². The first kappa shape index (κ1) is 28.8. The fourth-order valence-electron chi connectivity index (χ4n) is 7.03. The number of hydrogen-bond donors (Lipinski definition) is 1. The van der Waals surface area contributed by atoms with Crippen LogP contribution in [-0.4, -0.2) is 83.8 Å². The lowest BCUT2D eigenvalue weighted by molar-refractivity contribution is -0.128. The van der Waals surface area contributed by atoms with Crippen molar-refractivity contribution in [3.63, 3.8) is 0 Å². The Hall–Kier alpha value is -4.29. The van der Waals surface area contributed by atoms with E-state index in [-0.39, 0.29) is 29.8 Å². The largest absolute Gasteiger partial charge is 0.508 e. The average molecular weight is 581 g/mol. The van der Waals surface area contributed by atoms with Crippen LogP contribution in [0.3, 0.4) is 0 Å². The molecular weight excluding hydrogens is 540 g/mol. The Balaban J connectivity index is 1.42. The SMILES string of the molecule is C=CC(=O)N1C[C@H](C)N(c2c(C#N)c(OC[C@@H]3CCCN3C)nc3c2CCN(c2cc(O)cc4ccccc24)C3)C[C@H]1C. The molecule has 3 aromatic rings. The van der Waals surface area contributed by atoms with Crippen LogP contribution >= 0.6 is 0 Å². The van der Waals surface area contributed by atoms with Crippen molar-refractivity contribution in [3.8, 4) is 17.7 Å². The maximum Gasteiger partial charge on any atom is 0.246 e.